The lowest BCUT2D eigenvalue weighted by molar-refractivity contribution is -0.137. The summed E-state index contributed by atoms with van der Waals surface area (Å²) in [5.41, 5.74) is 0.196. The lowest BCUT2D eigenvalue weighted by atomic mass is 10.2. The highest BCUT2D eigenvalue weighted by Crippen LogP contribution is 2.35. The van der Waals surface area contributed by atoms with E-state index in [1.54, 1.807) is 0 Å². The van der Waals surface area contributed by atoms with E-state index in [-0.39, 0.29) is 16.8 Å². The van der Waals surface area contributed by atoms with Gasteiger partial charge in [-0.2, -0.15) is 13.2 Å². The third-order valence-corrected chi connectivity index (χ3v) is 3.28. The van der Waals surface area contributed by atoms with Crippen LogP contribution in [0.2, 0.25) is 5.02 Å². The number of rotatable bonds is 3. The molecule has 0 saturated heterocycles. The molecular formula is C14H15ClF3N3. The van der Waals surface area contributed by atoms with Crippen molar-refractivity contribution in [3.05, 3.63) is 40.7 Å². The monoisotopic (exact) mass is 317 g/mol. The number of imidazole rings is 1. The summed E-state index contributed by atoms with van der Waals surface area (Å²) in [6.45, 7) is 5.73. The van der Waals surface area contributed by atoms with Gasteiger partial charge in [-0.15, -0.1) is 0 Å². The number of nitrogens with zero attached hydrogens (tertiary/aromatic N) is 2. The molecule has 0 amide bonds. The van der Waals surface area contributed by atoms with Crippen molar-refractivity contribution >= 4 is 23.2 Å². The second kappa shape index (κ2) is 5.60. The molecule has 0 atom stereocenters. The van der Waals surface area contributed by atoms with Crippen LogP contribution in [0.4, 0.5) is 24.8 Å². The maximum atomic E-state index is 12.8. The number of benzene rings is 1. The highest BCUT2D eigenvalue weighted by atomic mass is 35.5. The van der Waals surface area contributed by atoms with Crippen molar-refractivity contribution in [3.8, 4) is 0 Å². The molecule has 0 radical (unpaired) electrons. The Kier molecular flexibility index (Phi) is 4.18. The first-order valence-corrected chi connectivity index (χ1v) is 6.75. The summed E-state index contributed by atoms with van der Waals surface area (Å²) >= 11 is 5.97. The van der Waals surface area contributed by atoms with Crippen LogP contribution >= 0.6 is 11.6 Å². The van der Waals surface area contributed by atoms with Crippen molar-refractivity contribution in [2.45, 2.75) is 33.0 Å². The Morgan fingerprint density at radius 1 is 1.29 bits per heavy atom. The molecule has 0 unspecified atom stereocenters. The lowest BCUT2D eigenvalue weighted by Gasteiger charge is -2.15. The molecule has 0 aliphatic heterocycles. The Morgan fingerprint density at radius 3 is 2.52 bits per heavy atom. The molecule has 1 aromatic heterocycles. The summed E-state index contributed by atoms with van der Waals surface area (Å²) in [6.07, 6.45) is -2.58. The SMILES string of the molecule is Cc1cn(C(C)C)c(Nc2cc(C(F)(F)F)ccc2Cl)n1. The maximum absolute atomic E-state index is 12.8. The summed E-state index contributed by atoms with van der Waals surface area (Å²) in [5.74, 6) is 0.462. The number of anilines is 2. The third-order valence-electron chi connectivity index (χ3n) is 2.95. The molecular weight excluding hydrogens is 303 g/mol. The Bertz CT molecular complexity index is 647. The van der Waals surface area contributed by atoms with Gasteiger partial charge in [0.25, 0.3) is 0 Å². The normalized spacial score (nSPS) is 12.0. The van der Waals surface area contributed by atoms with Gasteiger partial charge in [-0.1, -0.05) is 11.6 Å². The van der Waals surface area contributed by atoms with Crippen LogP contribution < -0.4 is 5.32 Å². The Balaban J connectivity index is 2.40. The van der Waals surface area contributed by atoms with Crippen LogP contribution in [0.15, 0.2) is 24.4 Å². The van der Waals surface area contributed by atoms with Gasteiger partial charge in [0.05, 0.1) is 22.0 Å². The van der Waals surface area contributed by atoms with E-state index < -0.39 is 11.7 Å². The van der Waals surface area contributed by atoms with Crippen molar-refractivity contribution in [1.29, 1.82) is 0 Å². The van der Waals surface area contributed by atoms with Gasteiger partial charge in [0.15, 0.2) is 0 Å². The second-order valence-electron chi connectivity index (χ2n) is 5.02. The van der Waals surface area contributed by atoms with E-state index in [0.717, 1.165) is 17.8 Å². The smallest absolute Gasteiger partial charge is 0.324 e. The van der Waals surface area contributed by atoms with Crippen LogP contribution in [0.1, 0.15) is 31.1 Å². The summed E-state index contributed by atoms with van der Waals surface area (Å²) in [7, 11) is 0. The molecule has 0 aliphatic rings. The lowest BCUT2D eigenvalue weighted by Crippen LogP contribution is -2.08. The molecule has 0 bridgehead atoms. The quantitative estimate of drug-likeness (QED) is 0.844. The fraction of sp³-hybridized carbons (Fsp3) is 0.357. The first-order valence-electron chi connectivity index (χ1n) is 6.37. The van der Waals surface area contributed by atoms with Gasteiger partial charge >= 0.3 is 6.18 Å². The fourth-order valence-corrected chi connectivity index (χ4v) is 2.08. The minimum absolute atomic E-state index is 0.123. The van der Waals surface area contributed by atoms with Crippen LogP contribution in [0.5, 0.6) is 0 Å². The summed E-state index contributed by atoms with van der Waals surface area (Å²) in [6, 6.07) is 3.28. The van der Waals surface area contributed by atoms with Gasteiger partial charge in [-0.3, -0.25) is 0 Å². The standard InChI is InChI=1S/C14H15ClF3N3/c1-8(2)21-7-9(3)19-13(21)20-12-6-10(14(16,17)18)4-5-11(12)15/h4-8H,1-3H3,(H,19,20). The molecule has 1 N–H and O–H groups in total. The Hall–Kier alpha value is -1.69. The zero-order valence-electron chi connectivity index (χ0n) is 11.8. The number of alkyl halides is 3. The molecule has 0 fully saturated rings. The average Bonchev–Trinajstić information content (AvgIpc) is 2.72. The highest BCUT2D eigenvalue weighted by Gasteiger charge is 2.31. The van der Waals surface area contributed by atoms with Crippen LogP contribution in [0.3, 0.4) is 0 Å². The predicted molar refractivity (Wildman–Crippen MR) is 77.1 cm³/mol. The topological polar surface area (TPSA) is 29.9 Å². The Morgan fingerprint density at radius 2 is 1.95 bits per heavy atom. The van der Waals surface area contributed by atoms with E-state index in [1.165, 1.54) is 6.07 Å². The predicted octanol–water partition coefficient (Wildman–Crippen LogP) is 5.19. The molecule has 1 heterocycles. The molecule has 2 aromatic rings. The highest BCUT2D eigenvalue weighted by molar-refractivity contribution is 6.33. The number of nitrogens with one attached hydrogen (secondary N) is 1. The van der Waals surface area contributed by atoms with Gasteiger partial charge in [0.2, 0.25) is 5.95 Å². The Labute approximate surface area is 125 Å². The van der Waals surface area contributed by atoms with Gasteiger partial charge in [0.1, 0.15) is 0 Å². The number of aromatic nitrogens is 2. The first kappa shape index (κ1) is 15.7. The van der Waals surface area contributed by atoms with Crippen molar-refractivity contribution in [3.63, 3.8) is 0 Å². The van der Waals surface area contributed by atoms with E-state index in [4.69, 9.17) is 11.6 Å². The summed E-state index contributed by atoms with van der Waals surface area (Å²) < 4.78 is 40.1. The largest absolute Gasteiger partial charge is 0.416 e. The summed E-state index contributed by atoms with van der Waals surface area (Å²) in [5, 5.41) is 3.08. The van der Waals surface area contributed by atoms with Crippen LogP contribution in [0, 0.1) is 6.92 Å². The number of aryl methyl sites for hydroxylation is 1. The minimum atomic E-state index is -4.41. The zero-order chi connectivity index (χ0) is 15.8. The van der Waals surface area contributed by atoms with E-state index >= 15 is 0 Å². The maximum Gasteiger partial charge on any atom is 0.416 e. The van der Waals surface area contributed by atoms with Gasteiger partial charge in [-0.05, 0) is 39.0 Å². The molecule has 0 spiro atoms. The van der Waals surface area contributed by atoms with Crippen molar-refractivity contribution < 1.29 is 13.2 Å². The molecule has 0 saturated carbocycles. The molecule has 1 aromatic carbocycles. The molecule has 0 aliphatic carbocycles. The first-order chi connectivity index (χ1) is 9.68. The second-order valence-corrected chi connectivity index (χ2v) is 5.43. The van der Waals surface area contributed by atoms with Crippen LogP contribution in [-0.4, -0.2) is 9.55 Å². The fourth-order valence-electron chi connectivity index (χ4n) is 1.92. The minimum Gasteiger partial charge on any atom is -0.324 e. The van der Waals surface area contributed by atoms with Crippen LogP contribution in [-0.2, 0) is 6.18 Å². The van der Waals surface area contributed by atoms with Crippen LogP contribution in [0.25, 0.3) is 0 Å². The number of hydrogen-bond acceptors (Lipinski definition) is 2. The van der Waals surface area contributed by atoms with E-state index in [2.05, 4.69) is 10.3 Å². The van der Waals surface area contributed by atoms with E-state index in [0.29, 0.717) is 5.95 Å². The third kappa shape index (κ3) is 3.50. The summed E-state index contributed by atoms with van der Waals surface area (Å²) in [4.78, 5) is 4.27. The molecule has 7 heteroatoms. The molecule has 2 rings (SSSR count). The van der Waals surface area contributed by atoms with E-state index in [9.17, 15) is 13.2 Å². The van der Waals surface area contributed by atoms with Crippen molar-refractivity contribution in [2.24, 2.45) is 0 Å². The van der Waals surface area contributed by atoms with E-state index in [1.807, 2.05) is 31.5 Å². The molecule has 114 valence electrons. The van der Waals surface area contributed by atoms with Gasteiger partial charge < -0.3 is 9.88 Å². The van der Waals surface area contributed by atoms with Gasteiger partial charge in [-0.25, -0.2) is 4.98 Å². The van der Waals surface area contributed by atoms with Crippen molar-refractivity contribution in [2.75, 3.05) is 5.32 Å². The number of hydrogen-bond donors (Lipinski definition) is 1. The molecule has 3 nitrogen and oxygen atoms in total. The zero-order valence-corrected chi connectivity index (χ0v) is 12.5. The van der Waals surface area contributed by atoms with Gasteiger partial charge in [0, 0.05) is 12.2 Å². The number of halogens is 4. The van der Waals surface area contributed by atoms with Crippen molar-refractivity contribution in [1.82, 2.24) is 9.55 Å². The molecule has 21 heavy (non-hydrogen) atoms. The average molecular weight is 318 g/mol.